The smallest absolute Gasteiger partial charge is 0.347 e. The standard InChI is InChI=1S/C11H7IO5/c1-4(3-12)10(13)16-8-6-2-5-7(15-6)9(8)17-11(5)14/h2,4H,3H2,1H3. The van der Waals surface area contributed by atoms with Crippen LogP contribution in [-0.2, 0) is 4.79 Å². The average Bonchev–Trinajstić information content (AvgIpc) is 2.92. The summed E-state index contributed by atoms with van der Waals surface area (Å²) in [7, 11) is 0. The number of benzene rings is 1. The third-order valence-corrected chi connectivity index (χ3v) is 3.94. The average molecular weight is 346 g/mol. The van der Waals surface area contributed by atoms with Gasteiger partial charge in [0.2, 0.25) is 11.5 Å². The Hall–Kier alpha value is -1.31. The van der Waals surface area contributed by atoms with Gasteiger partial charge in [0.1, 0.15) is 5.56 Å². The third kappa shape index (κ3) is 1.43. The molecule has 0 amide bonds. The van der Waals surface area contributed by atoms with Crippen molar-refractivity contribution in [3.05, 3.63) is 11.6 Å². The molecule has 6 heteroatoms. The number of rotatable bonds is 3. The number of fused-ring (bicyclic) bond motifs is 1. The third-order valence-electron chi connectivity index (χ3n) is 2.62. The lowest BCUT2D eigenvalue weighted by molar-refractivity contribution is -0.137. The van der Waals surface area contributed by atoms with E-state index in [0.29, 0.717) is 21.2 Å². The highest BCUT2D eigenvalue weighted by molar-refractivity contribution is 14.1. The van der Waals surface area contributed by atoms with Crippen molar-refractivity contribution in [2.75, 3.05) is 4.43 Å². The van der Waals surface area contributed by atoms with Crippen molar-refractivity contribution < 1.29 is 23.5 Å². The Morgan fingerprint density at radius 2 is 2.35 bits per heavy atom. The van der Waals surface area contributed by atoms with Crippen LogP contribution >= 0.6 is 22.6 Å². The van der Waals surface area contributed by atoms with Gasteiger partial charge in [-0.15, -0.1) is 0 Å². The molecular weight excluding hydrogens is 339 g/mol. The number of alkyl halides is 1. The second-order valence-corrected chi connectivity index (χ2v) is 4.76. The second kappa shape index (κ2) is 3.59. The molecule has 2 aromatic heterocycles. The Bertz CT molecular complexity index is 614. The zero-order chi connectivity index (χ0) is 12.2. The normalized spacial score (nSPS) is 15.3. The van der Waals surface area contributed by atoms with Gasteiger partial charge in [-0.25, -0.2) is 4.79 Å². The molecule has 17 heavy (non-hydrogen) atoms. The fourth-order valence-corrected chi connectivity index (χ4v) is 2.00. The van der Waals surface area contributed by atoms with E-state index in [9.17, 15) is 9.59 Å². The maximum absolute atomic E-state index is 11.7. The van der Waals surface area contributed by atoms with Gasteiger partial charge in [0.15, 0.2) is 11.2 Å². The molecule has 1 aliphatic rings. The number of hydrogen-bond acceptors (Lipinski definition) is 5. The van der Waals surface area contributed by atoms with E-state index in [1.165, 1.54) is 6.07 Å². The molecule has 2 bridgehead atoms. The van der Waals surface area contributed by atoms with Crippen molar-refractivity contribution in [3.8, 4) is 11.5 Å². The summed E-state index contributed by atoms with van der Waals surface area (Å²) in [4.78, 5) is 23.0. The summed E-state index contributed by atoms with van der Waals surface area (Å²) < 4.78 is 16.1. The van der Waals surface area contributed by atoms with Crippen molar-refractivity contribution in [2.45, 2.75) is 6.92 Å². The van der Waals surface area contributed by atoms with E-state index in [1.807, 2.05) is 0 Å². The Balaban J connectivity index is 1.94. The van der Waals surface area contributed by atoms with Crippen LogP contribution in [0.2, 0.25) is 0 Å². The molecule has 0 saturated carbocycles. The number of furan rings is 2. The summed E-state index contributed by atoms with van der Waals surface area (Å²) in [6.07, 6.45) is 0. The van der Waals surface area contributed by atoms with Crippen LogP contribution in [0.3, 0.4) is 0 Å². The first kappa shape index (κ1) is 10.8. The SMILES string of the molecule is CC(CI)C(=O)Oc1c2c3oc1cc3C(=O)O2. The first-order valence-electron chi connectivity index (χ1n) is 5.00. The largest absolute Gasteiger partial charge is 0.448 e. The van der Waals surface area contributed by atoms with Gasteiger partial charge < -0.3 is 13.9 Å². The van der Waals surface area contributed by atoms with Crippen LogP contribution in [0.15, 0.2) is 10.5 Å². The topological polar surface area (TPSA) is 65.7 Å². The summed E-state index contributed by atoms with van der Waals surface area (Å²) in [5, 5.41) is 0. The first-order valence-corrected chi connectivity index (χ1v) is 6.53. The molecule has 0 N–H and O–H groups in total. The summed E-state index contributed by atoms with van der Waals surface area (Å²) in [5.74, 6) is -0.580. The van der Waals surface area contributed by atoms with Crippen LogP contribution in [0.5, 0.6) is 11.5 Å². The minimum absolute atomic E-state index is 0.214. The lowest BCUT2D eigenvalue weighted by Gasteiger charge is -2.07. The number of ether oxygens (including phenoxy) is 2. The Labute approximate surface area is 110 Å². The van der Waals surface area contributed by atoms with Gasteiger partial charge in [0.05, 0.1) is 5.92 Å². The number of esters is 2. The van der Waals surface area contributed by atoms with Gasteiger partial charge in [0.25, 0.3) is 0 Å². The maximum atomic E-state index is 11.7. The van der Waals surface area contributed by atoms with Crippen molar-refractivity contribution in [3.63, 3.8) is 0 Å². The molecule has 0 radical (unpaired) electrons. The molecule has 2 aromatic rings. The molecule has 88 valence electrons. The predicted molar refractivity (Wildman–Crippen MR) is 66.0 cm³/mol. The number of carbonyl (C=O) groups is 2. The van der Waals surface area contributed by atoms with E-state index >= 15 is 0 Å². The molecule has 1 aliphatic heterocycles. The quantitative estimate of drug-likeness (QED) is 0.370. The van der Waals surface area contributed by atoms with Crippen LogP contribution < -0.4 is 9.47 Å². The van der Waals surface area contributed by atoms with Gasteiger partial charge >= 0.3 is 11.9 Å². The lowest BCUT2D eigenvalue weighted by Crippen LogP contribution is -2.18. The Morgan fingerprint density at radius 3 is 3.06 bits per heavy atom. The molecule has 1 unspecified atom stereocenters. The van der Waals surface area contributed by atoms with Gasteiger partial charge in [0, 0.05) is 10.5 Å². The van der Waals surface area contributed by atoms with Gasteiger partial charge in [-0.1, -0.05) is 29.5 Å². The molecule has 0 saturated heterocycles. The van der Waals surface area contributed by atoms with Crippen molar-refractivity contribution >= 4 is 45.7 Å². The second-order valence-electron chi connectivity index (χ2n) is 3.88. The molecule has 5 nitrogen and oxygen atoms in total. The highest BCUT2D eigenvalue weighted by atomic mass is 127. The molecule has 0 fully saturated rings. The van der Waals surface area contributed by atoms with E-state index in [0.717, 1.165) is 0 Å². The molecule has 0 spiro atoms. The Morgan fingerprint density at radius 1 is 1.59 bits per heavy atom. The van der Waals surface area contributed by atoms with E-state index in [2.05, 4.69) is 22.6 Å². The highest BCUT2D eigenvalue weighted by Gasteiger charge is 2.37. The first-order chi connectivity index (χ1) is 8.11. The van der Waals surface area contributed by atoms with Crippen molar-refractivity contribution in [1.82, 2.24) is 0 Å². The van der Waals surface area contributed by atoms with E-state index in [1.54, 1.807) is 6.92 Å². The number of hydrogen-bond donors (Lipinski definition) is 0. The fourth-order valence-electron chi connectivity index (χ4n) is 1.64. The molecule has 1 atom stereocenters. The summed E-state index contributed by atoms with van der Waals surface area (Å²) in [5.41, 5.74) is 1.15. The summed E-state index contributed by atoms with van der Waals surface area (Å²) in [6, 6.07) is 1.53. The molecule has 0 aromatic carbocycles. The minimum atomic E-state index is -0.460. The zero-order valence-corrected chi connectivity index (χ0v) is 10.9. The zero-order valence-electron chi connectivity index (χ0n) is 8.78. The monoisotopic (exact) mass is 346 g/mol. The summed E-state index contributed by atoms with van der Waals surface area (Å²) in [6.45, 7) is 1.77. The van der Waals surface area contributed by atoms with E-state index in [4.69, 9.17) is 13.9 Å². The van der Waals surface area contributed by atoms with E-state index in [-0.39, 0.29) is 23.4 Å². The Kier molecular flexibility index (Phi) is 2.29. The van der Waals surface area contributed by atoms with Gasteiger partial charge in [-0.3, -0.25) is 4.79 Å². The minimum Gasteiger partial charge on any atom is -0.448 e. The van der Waals surface area contributed by atoms with Crippen LogP contribution in [0.4, 0.5) is 0 Å². The predicted octanol–water partition coefficient (Wildman–Crippen LogP) is 2.38. The van der Waals surface area contributed by atoms with Gasteiger partial charge in [-0.2, -0.15) is 0 Å². The summed E-state index contributed by atoms with van der Waals surface area (Å²) >= 11 is 2.11. The van der Waals surface area contributed by atoms with Crippen LogP contribution in [0.25, 0.3) is 11.2 Å². The molecule has 3 rings (SSSR count). The number of carbonyl (C=O) groups excluding carboxylic acids is 2. The highest BCUT2D eigenvalue weighted by Crippen LogP contribution is 2.49. The van der Waals surface area contributed by atoms with Crippen LogP contribution in [-0.4, -0.2) is 16.4 Å². The van der Waals surface area contributed by atoms with Crippen LogP contribution in [0.1, 0.15) is 17.3 Å². The lowest BCUT2D eigenvalue weighted by atomic mass is 10.2. The van der Waals surface area contributed by atoms with Crippen molar-refractivity contribution in [2.24, 2.45) is 5.92 Å². The maximum Gasteiger partial charge on any atom is 0.347 e. The van der Waals surface area contributed by atoms with E-state index < -0.39 is 5.97 Å². The number of halogens is 1. The van der Waals surface area contributed by atoms with Crippen LogP contribution in [0, 0.1) is 5.92 Å². The molecule has 3 heterocycles. The van der Waals surface area contributed by atoms with Crippen molar-refractivity contribution in [1.29, 1.82) is 0 Å². The molecule has 0 aliphatic carbocycles. The fraction of sp³-hybridized carbons (Fsp3) is 0.273. The van der Waals surface area contributed by atoms with Gasteiger partial charge in [-0.05, 0) is 0 Å². The molecular formula is C11H7IO5.